The predicted molar refractivity (Wildman–Crippen MR) is 106 cm³/mol. The summed E-state index contributed by atoms with van der Waals surface area (Å²) in [7, 11) is -2.46. The van der Waals surface area contributed by atoms with Gasteiger partial charge in [-0.05, 0) is 29.3 Å². The van der Waals surface area contributed by atoms with Crippen LogP contribution in [0.4, 0.5) is 4.79 Å². The summed E-state index contributed by atoms with van der Waals surface area (Å²) in [6.45, 7) is 0. The van der Waals surface area contributed by atoms with Gasteiger partial charge in [-0.25, -0.2) is 4.79 Å². The molecule has 8 nitrogen and oxygen atoms in total. The number of allylic oxidation sites excluding steroid dienone is 2. The molecule has 1 aliphatic rings. The quantitative estimate of drug-likeness (QED) is 0.409. The lowest BCUT2D eigenvalue weighted by atomic mass is 10.2. The molecule has 0 aromatic heterocycles. The molecule has 0 bridgehead atoms. The van der Waals surface area contributed by atoms with Gasteiger partial charge in [0.05, 0.1) is 7.11 Å². The number of amides is 3. The summed E-state index contributed by atoms with van der Waals surface area (Å²) in [5.74, 6) is -0.464. The number of urea groups is 1. The van der Waals surface area contributed by atoms with Crippen LogP contribution in [0.1, 0.15) is 11.1 Å². The van der Waals surface area contributed by atoms with E-state index in [1.54, 1.807) is 54.6 Å². The molecule has 2 aromatic carbocycles. The molecule has 9 heteroatoms. The van der Waals surface area contributed by atoms with Gasteiger partial charge in [-0.15, -0.1) is 0 Å². The molecular formula is C20H18N2O6S. The van der Waals surface area contributed by atoms with Gasteiger partial charge in [-0.2, -0.15) is 8.42 Å². The number of carbonyl (C=O) groups excluding carboxylic acids is 2. The molecule has 2 N–H and O–H groups in total. The number of benzene rings is 2. The molecule has 0 unspecified atom stereocenters. The SMILES string of the molecule is COc1cc(C=CC=C2NC(=O)NC2=O)ccc1OS(=O)(=O)Cc1ccccc1. The molecule has 0 saturated carbocycles. The third kappa shape index (κ3) is 5.45. The van der Waals surface area contributed by atoms with E-state index in [1.165, 1.54) is 19.3 Å². The Hall–Kier alpha value is -3.59. The van der Waals surface area contributed by atoms with Gasteiger partial charge in [0.25, 0.3) is 5.91 Å². The first-order chi connectivity index (χ1) is 13.9. The zero-order valence-corrected chi connectivity index (χ0v) is 16.2. The maximum Gasteiger partial charge on any atom is 0.326 e. The predicted octanol–water partition coefficient (Wildman–Crippen LogP) is 2.34. The molecular weight excluding hydrogens is 396 g/mol. The standard InChI is InChI=1S/C20H18N2O6S/c1-27-18-12-14(8-5-9-16-19(23)22-20(24)21-16)10-11-17(18)28-29(25,26)13-15-6-3-2-4-7-15/h2-12H,13H2,1H3,(H2,21,22,23,24). The second kappa shape index (κ2) is 8.61. The number of nitrogens with one attached hydrogen (secondary N) is 2. The minimum absolute atomic E-state index is 0.0707. The molecule has 0 aliphatic carbocycles. The van der Waals surface area contributed by atoms with Crippen LogP contribution in [0.25, 0.3) is 6.08 Å². The van der Waals surface area contributed by atoms with Crippen molar-refractivity contribution in [2.45, 2.75) is 5.75 Å². The number of methoxy groups -OCH3 is 1. The molecule has 1 heterocycles. The van der Waals surface area contributed by atoms with E-state index in [0.29, 0.717) is 11.1 Å². The van der Waals surface area contributed by atoms with Crippen molar-refractivity contribution < 1.29 is 26.9 Å². The summed E-state index contributed by atoms with van der Waals surface area (Å²) in [6.07, 6.45) is 4.68. The fourth-order valence-corrected chi connectivity index (χ4v) is 3.63. The first-order valence-electron chi connectivity index (χ1n) is 8.51. The number of carbonyl (C=O) groups is 2. The summed E-state index contributed by atoms with van der Waals surface area (Å²) in [4.78, 5) is 22.5. The number of imide groups is 1. The van der Waals surface area contributed by atoms with Gasteiger partial charge in [-0.3, -0.25) is 10.1 Å². The van der Waals surface area contributed by atoms with E-state index in [4.69, 9.17) is 8.92 Å². The van der Waals surface area contributed by atoms with Crippen molar-refractivity contribution in [1.29, 1.82) is 0 Å². The van der Waals surface area contributed by atoms with Gasteiger partial charge in [0, 0.05) is 0 Å². The molecule has 1 aliphatic heterocycles. The van der Waals surface area contributed by atoms with E-state index >= 15 is 0 Å². The summed E-state index contributed by atoms with van der Waals surface area (Å²) in [5, 5.41) is 4.46. The Labute approximate surface area is 168 Å². The zero-order chi connectivity index (χ0) is 20.9. The van der Waals surface area contributed by atoms with Crippen molar-refractivity contribution in [3.63, 3.8) is 0 Å². The average molecular weight is 414 g/mol. The highest BCUT2D eigenvalue weighted by Crippen LogP contribution is 2.30. The van der Waals surface area contributed by atoms with Crippen LogP contribution in [-0.2, 0) is 20.7 Å². The maximum absolute atomic E-state index is 12.3. The summed E-state index contributed by atoms with van der Waals surface area (Å²) in [5.41, 5.74) is 1.42. The van der Waals surface area contributed by atoms with Gasteiger partial charge >= 0.3 is 16.1 Å². The van der Waals surface area contributed by atoms with E-state index in [1.807, 2.05) is 0 Å². The highest BCUT2D eigenvalue weighted by atomic mass is 32.2. The maximum atomic E-state index is 12.3. The molecule has 3 rings (SSSR count). The molecule has 29 heavy (non-hydrogen) atoms. The van der Waals surface area contributed by atoms with E-state index in [2.05, 4.69) is 10.6 Å². The molecule has 2 aromatic rings. The molecule has 3 amide bonds. The van der Waals surface area contributed by atoms with Gasteiger partial charge < -0.3 is 14.2 Å². The summed E-state index contributed by atoms with van der Waals surface area (Å²) >= 11 is 0. The first-order valence-corrected chi connectivity index (χ1v) is 10.1. The number of hydrogen-bond acceptors (Lipinski definition) is 6. The van der Waals surface area contributed by atoms with Crippen LogP contribution in [0.2, 0.25) is 0 Å². The number of ether oxygens (including phenoxy) is 1. The molecule has 1 fully saturated rings. The monoisotopic (exact) mass is 414 g/mol. The van der Waals surface area contributed by atoms with Gasteiger partial charge in [0.1, 0.15) is 11.4 Å². The van der Waals surface area contributed by atoms with Crippen molar-refractivity contribution >= 4 is 28.1 Å². The first kappa shape index (κ1) is 20.2. The molecule has 0 atom stereocenters. The van der Waals surface area contributed by atoms with Crippen LogP contribution in [0.3, 0.4) is 0 Å². The molecule has 0 spiro atoms. The fourth-order valence-electron chi connectivity index (χ4n) is 2.55. The van der Waals surface area contributed by atoms with Gasteiger partial charge in [0.15, 0.2) is 11.5 Å². The third-order valence-corrected chi connectivity index (χ3v) is 4.98. The van der Waals surface area contributed by atoms with Crippen molar-refractivity contribution in [3.05, 3.63) is 77.5 Å². The Bertz CT molecular complexity index is 1090. The van der Waals surface area contributed by atoms with Crippen molar-refractivity contribution in [2.75, 3.05) is 7.11 Å². The fraction of sp³-hybridized carbons (Fsp3) is 0.100. The highest BCUT2D eigenvalue weighted by molar-refractivity contribution is 7.86. The Morgan fingerprint density at radius 1 is 1.00 bits per heavy atom. The van der Waals surface area contributed by atoms with Crippen LogP contribution in [-0.4, -0.2) is 27.5 Å². The number of hydrogen-bond donors (Lipinski definition) is 2. The van der Waals surface area contributed by atoms with Gasteiger partial charge in [0.2, 0.25) is 0 Å². The summed E-state index contributed by atoms with van der Waals surface area (Å²) in [6, 6.07) is 12.8. The van der Waals surface area contributed by atoms with E-state index in [9.17, 15) is 18.0 Å². The topological polar surface area (TPSA) is 111 Å². The third-order valence-electron chi connectivity index (χ3n) is 3.86. The minimum atomic E-state index is -3.86. The normalized spacial score (nSPS) is 15.4. The highest BCUT2D eigenvalue weighted by Gasteiger charge is 2.22. The lowest BCUT2D eigenvalue weighted by molar-refractivity contribution is -0.115. The Morgan fingerprint density at radius 2 is 1.76 bits per heavy atom. The Morgan fingerprint density at radius 3 is 2.41 bits per heavy atom. The van der Waals surface area contributed by atoms with Crippen molar-refractivity contribution in [3.8, 4) is 11.5 Å². The van der Waals surface area contributed by atoms with Crippen LogP contribution in [0.15, 0.2) is 66.4 Å². The summed E-state index contributed by atoms with van der Waals surface area (Å²) < 4.78 is 35.1. The van der Waals surface area contributed by atoms with Crippen molar-refractivity contribution in [1.82, 2.24) is 10.6 Å². The van der Waals surface area contributed by atoms with E-state index in [-0.39, 0.29) is 22.9 Å². The second-order valence-corrected chi connectivity index (χ2v) is 7.60. The zero-order valence-electron chi connectivity index (χ0n) is 15.4. The van der Waals surface area contributed by atoms with E-state index in [0.717, 1.165) is 0 Å². The molecule has 1 saturated heterocycles. The van der Waals surface area contributed by atoms with Crippen molar-refractivity contribution in [2.24, 2.45) is 0 Å². The Kier molecular flexibility index (Phi) is 5.99. The molecule has 0 radical (unpaired) electrons. The molecule has 150 valence electrons. The minimum Gasteiger partial charge on any atom is -0.493 e. The average Bonchev–Trinajstić information content (AvgIpc) is 3.00. The van der Waals surface area contributed by atoms with Crippen LogP contribution in [0, 0.1) is 0 Å². The largest absolute Gasteiger partial charge is 0.493 e. The van der Waals surface area contributed by atoms with Crippen LogP contribution in [0.5, 0.6) is 11.5 Å². The van der Waals surface area contributed by atoms with Crippen LogP contribution < -0.4 is 19.6 Å². The lowest BCUT2D eigenvalue weighted by Gasteiger charge is -2.11. The number of rotatable bonds is 7. The lowest BCUT2D eigenvalue weighted by Crippen LogP contribution is -2.22. The second-order valence-electron chi connectivity index (χ2n) is 6.03. The van der Waals surface area contributed by atoms with E-state index < -0.39 is 22.1 Å². The van der Waals surface area contributed by atoms with Gasteiger partial charge in [-0.1, -0.05) is 48.6 Å². The van der Waals surface area contributed by atoms with Crippen LogP contribution >= 0.6 is 0 Å². The Balaban J connectivity index is 1.73. The smallest absolute Gasteiger partial charge is 0.326 e.